The van der Waals surface area contributed by atoms with E-state index in [1.807, 2.05) is 18.2 Å². The molecule has 2 N–H and O–H groups in total. The standard InChI is InChI=1S/C10H11Cl2N/c11-8-3-1-6(5-9(8)12)7-2-4-10(7)13/h1,3,5,7,10H,2,4,13H2. The van der Waals surface area contributed by atoms with E-state index < -0.39 is 0 Å². The van der Waals surface area contributed by atoms with E-state index in [1.165, 1.54) is 12.0 Å². The van der Waals surface area contributed by atoms with E-state index in [-0.39, 0.29) is 0 Å². The van der Waals surface area contributed by atoms with Crippen molar-refractivity contribution in [1.82, 2.24) is 0 Å². The lowest BCUT2D eigenvalue weighted by molar-refractivity contribution is 0.347. The Morgan fingerprint density at radius 2 is 1.92 bits per heavy atom. The zero-order valence-electron chi connectivity index (χ0n) is 7.13. The first-order chi connectivity index (χ1) is 6.18. The Bertz CT molecular complexity index is 325. The molecule has 0 aromatic heterocycles. The molecule has 13 heavy (non-hydrogen) atoms. The summed E-state index contributed by atoms with van der Waals surface area (Å²) in [7, 11) is 0. The smallest absolute Gasteiger partial charge is 0.0595 e. The van der Waals surface area contributed by atoms with Gasteiger partial charge in [0.15, 0.2) is 0 Å². The van der Waals surface area contributed by atoms with Crippen molar-refractivity contribution in [3.8, 4) is 0 Å². The molecule has 1 aliphatic carbocycles. The second-order valence-corrected chi connectivity index (χ2v) is 4.34. The lowest BCUT2D eigenvalue weighted by Crippen LogP contribution is -2.37. The number of rotatable bonds is 1. The van der Waals surface area contributed by atoms with Crippen molar-refractivity contribution in [2.45, 2.75) is 24.8 Å². The third-order valence-electron chi connectivity index (χ3n) is 2.70. The minimum absolute atomic E-state index is 0.303. The van der Waals surface area contributed by atoms with Gasteiger partial charge in [-0.2, -0.15) is 0 Å². The molecule has 0 heterocycles. The van der Waals surface area contributed by atoms with Crippen molar-refractivity contribution in [3.05, 3.63) is 33.8 Å². The highest BCUT2D eigenvalue weighted by Crippen LogP contribution is 2.37. The van der Waals surface area contributed by atoms with Crippen LogP contribution in [0.1, 0.15) is 24.3 Å². The molecule has 2 atom stereocenters. The first kappa shape index (κ1) is 9.32. The minimum Gasteiger partial charge on any atom is -0.327 e. The summed E-state index contributed by atoms with van der Waals surface area (Å²) in [5.74, 6) is 0.481. The molecule has 2 unspecified atom stereocenters. The van der Waals surface area contributed by atoms with Crippen LogP contribution in [-0.2, 0) is 0 Å². The Labute approximate surface area is 87.8 Å². The van der Waals surface area contributed by atoms with Gasteiger partial charge in [-0.15, -0.1) is 0 Å². The van der Waals surface area contributed by atoms with E-state index in [2.05, 4.69) is 0 Å². The van der Waals surface area contributed by atoms with Gasteiger partial charge in [0.05, 0.1) is 10.0 Å². The van der Waals surface area contributed by atoms with E-state index in [4.69, 9.17) is 28.9 Å². The molecule has 1 fully saturated rings. The van der Waals surface area contributed by atoms with Crippen molar-refractivity contribution < 1.29 is 0 Å². The van der Waals surface area contributed by atoms with Crippen molar-refractivity contribution in [3.63, 3.8) is 0 Å². The number of hydrogen-bond acceptors (Lipinski definition) is 1. The van der Waals surface area contributed by atoms with Crippen LogP contribution in [0.3, 0.4) is 0 Å². The molecule has 0 amide bonds. The summed E-state index contributed by atoms with van der Waals surface area (Å²) in [6.45, 7) is 0. The maximum Gasteiger partial charge on any atom is 0.0595 e. The Kier molecular flexibility index (Phi) is 2.50. The van der Waals surface area contributed by atoms with Gasteiger partial charge in [0.25, 0.3) is 0 Å². The van der Waals surface area contributed by atoms with Gasteiger partial charge in [0.2, 0.25) is 0 Å². The van der Waals surface area contributed by atoms with E-state index in [0.717, 1.165) is 6.42 Å². The van der Waals surface area contributed by atoms with E-state index in [0.29, 0.717) is 22.0 Å². The molecule has 70 valence electrons. The summed E-state index contributed by atoms with van der Waals surface area (Å²) in [5, 5.41) is 1.23. The summed E-state index contributed by atoms with van der Waals surface area (Å²) in [5.41, 5.74) is 7.08. The first-order valence-corrected chi connectivity index (χ1v) is 5.14. The molecule has 2 rings (SSSR count). The van der Waals surface area contributed by atoms with Gasteiger partial charge in [0, 0.05) is 6.04 Å². The highest BCUT2D eigenvalue weighted by molar-refractivity contribution is 6.42. The van der Waals surface area contributed by atoms with Gasteiger partial charge in [-0.05, 0) is 36.5 Å². The van der Waals surface area contributed by atoms with Gasteiger partial charge < -0.3 is 5.73 Å². The average Bonchev–Trinajstić information content (AvgIpc) is 2.09. The van der Waals surface area contributed by atoms with E-state index in [1.54, 1.807) is 0 Å². The third-order valence-corrected chi connectivity index (χ3v) is 3.44. The lowest BCUT2D eigenvalue weighted by Gasteiger charge is -2.34. The Morgan fingerprint density at radius 3 is 2.38 bits per heavy atom. The van der Waals surface area contributed by atoms with Gasteiger partial charge in [-0.25, -0.2) is 0 Å². The zero-order valence-corrected chi connectivity index (χ0v) is 8.65. The Balaban J connectivity index is 2.26. The molecule has 0 spiro atoms. The second kappa shape index (κ2) is 3.49. The van der Waals surface area contributed by atoms with E-state index >= 15 is 0 Å². The molecule has 1 aliphatic rings. The average molecular weight is 216 g/mol. The van der Waals surface area contributed by atoms with Crippen LogP contribution >= 0.6 is 23.2 Å². The van der Waals surface area contributed by atoms with Gasteiger partial charge >= 0.3 is 0 Å². The van der Waals surface area contributed by atoms with Crippen LogP contribution in [0.4, 0.5) is 0 Å². The van der Waals surface area contributed by atoms with Gasteiger partial charge in [0.1, 0.15) is 0 Å². The molecular formula is C10H11Cl2N. The van der Waals surface area contributed by atoms with Gasteiger partial charge in [-0.1, -0.05) is 29.3 Å². The number of halogens is 2. The van der Waals surface area contributed by atoms with Crippen LogP contribution in [0.2, 0.25) is 10.0 Å². The minimum atomic E-state index is 0.303. The van der Waals surface area contributed by atoms with Crippen molar-refractivity contribution >= 4 is 23.2 Å². The fourth-order valence-electron chi connectivity index (χ4n) is 1.68. The molecule has 1 aromatic rings. The molecule has 3 heteroatoms. The normalized spacial score (nSPS) is 27.0. The molecule has 0 radical (unpaired) electrons. The van der Waals surface area contributed by atoms with Gasteiger partial charge in [-0.3, -0.25) is 0 Å². The highest BCUT2D eigenvalue weighted by atomic mass is 35.5. The van der Waals surface area contributed by atoms with Crippen molar-refractivity contribution in [1.29, 1.82) is 0 Å². The highest BCUT2D eigenvalue weighted by Gasteiger charge is 2.28. The fourth-order valence-corrected chi connectivity index (χ4v) is 1.99. The molecule has 1 saturated carbocycles. The maximum atomic E-state index is 5.91. The summed E-state index contributed by atoms with van der Waals surface area (Å²) in [4.78, 5) is 0. The van der Waals surface area contributed by atoms with Crippen LogP contribution in [0.5, 0.6) is 0 Å². The lowest BCUT2D eigenvalue weighted by atomic mass is 9.76. The van der Waals surface area contributed by atoms with Crippen LogP contribution in [0, 0.1) is 0 Å². The first-order valence-electron chi connectivity index (χ1n) is 4.39. The molecular weight excluding hydrogens is 205 g/mol. The van der Waals surface area contributed by atoms with E-state index in [9.17, 15) is 0 Å². The maximum absolute atomic E-state index is 5.91. The van der Waals surface area contributed by atoms with Crippen molar-refractivity contribution in [2.75, 3.05) is 0 Å². The zero-order chi connectivity index (χ0) is 9.42. The topological polar surface area (TPSA) is 26.0 Å². The monoisotopic (exact) mass is 215 g/mol. The second-order valence-electron chi connectivity index (χ2n) is 3.52. The largest absolute Gasteiger partial charge is 0.327 e. The molecule has 1 aromatic carbocycles. The summed E-state index contributed by atoms with van der Waals surface area (Å²) < 4.78 is 0. The Hall–Kier alpha value is -0.240. The van der Waals surface area contributed by atoms with Crippen LogP contribution in [0.15, 0.2) is 18.2 Å². The summed E-state index contributed by atoms with van der Waals surface area (Å²) in [6.07, 6.45) is 2.28. The molecule has 0 aliphatic heterocycles. The summed E-state index contributed by atoms with van der Waals surface area (Å²) in [6, 6.07) is 6.08. The summed E-state index contributed by atoms with van der Waals surface area (Å²) >= 11 is 11.7. The predicted octanol–water partition coefficient (Wildman–Crippen LogP) is 3.20. The number of hydrogen-bond donors (Lipinski definition) is 1. The van der Waals surface area contributed by atoms with Crippen LogP contribution < -0.4 is 5.73 Å². The van der Waals surface area contributed by atoms with Crippen LogP contribution in [0.25, 0.3) is 0 Å². The Morgan fingerprint density at radius 1 is 1.15 bits per heavy atom. The molecule has 1 nitrogen and oxygen atoms in total. The predicted molar refractivity (Wildman–Crippen MR) is 56.4 cm³/mol. The molecule has 0 bridgehead atoms. The number of benzene rings is 1. The third kappa shape index (κ3) is 1.69. The molecule has 0 saturated heterocycles. The number of nitrogens with two attached hydrogens (primary N) is 1. The quantitative estimate of drug-likeness (QED) is 0.766. The fraction of sp³-hybridized carbons (Fsp3) is 0.400. The SMILES string of the molecule is NC1CCC1c1ccc(Cl)c(Cl)c1. The van der Waals surface area contributed by atoms with Crippen molar-refractivity contribution in [2.24, 2.45) is 5.73 Å². The van der Waals surface area contributed by atoms with Crippen LogP contribution in [-0.4, -0.2) is 6.04 Å².